The molecule has 1 atom stereocenters. The van der Waals surface area contributed by atoms with Gasteiger partial charge in [-0.3, -0.25) is 0 Å². The minimum absolute atomic E-state index is 0.109. The fourth-order valence-electron chi connectivity index (χ4n) is 2.88. The lowest BCUT2D eigenvalue weighted by Gasteiger charge is -2.24. The summed E-state index contributed by atoms with van der Waals surface area (Å²) in [6.07, 6.45) is 8.23. The average molecular weight is 277 g/mol. The molecule has 1 fully saturated rings. The van der Waals surface area contributed by atoms with Gasteiger partial charge in [-0.05, 0) is 37.6 Å². The molecule has 20 heavy (non-hydrogen) atoms. The zero-order valence-corrected chi connectivity index (χ0v) is 12.7. The summed E-state index contributed by atoms with van der Waals surface area (Å²) in [4.78, 5) is 0. The molecule has 0 spiro atoms. The van der Waals surface area contributed by atoms with Gasteiger partial charge < -0.3 is 14.8 Å². The number of ether oxygens (including phenoxy) is 2. The Morgan fingerprint density at radius 3 is 2.60 bits per heavy atom. The highest BCUT2D eigenvalue weighted by atomic mass is 16.5. The van der Waals surface area contributed by atoms with Gasteiger partial charge in [-0.25, -0.2) is 0 Å². The maximum Gasteiger partial charge on any atom is 0.119 e. The van der Waals surface area contributed by atoms with Crippen LogP contribution in [-0.2, 0) is 4.74 Å². The highest BCUT2D eigenvalue weighted by Crippen LogP contribution is 2.27. The topological polar surface area (TPSA) is 30.5 Å². The molecule has 1 aromatic rings. The summed E-state index contributed by atoms with van der Waals surface area (Å²) in [5.74, 6) is 0.896. The van der Waals surface area contributed by atoms with Crippen molar-refractivity contribution >= 4 is 0 Å². The Balaban J connectivity index is 2.04. The smallest absolute Gasteiger partial charge is 0.119 e. The van der Waals surface area contributed by atoms with Crippen LogP contribution in [0.5, 0.6) is 5.75 Å². The zero-order valence-electron chi connectivity index (χ0n) is 12.7. The minimum Gasteiger partial charge on any atom is -0.497 e. The third-order valence-corrected chi connectivity index (χ3v) is 4.01. The molecule has 2 rings (SSSR count). The molecule has 0 radical (unpaired) electrons. The third-order valence-electron chi connectivity index (χ3n) is 4.01. The molecular formula is C17H27NO2. The van der Waals surface area contributed by atoms with E-state index in [9.17, 15) is 0 Å². The fourth-order valence-corrected chi connectivity index (χ4v) is 2.88. The van der Waals surface area contributed by atoms with Crippen LogP contribution in [0.1, 0.15) is 50.2 Å². The molecule has 112 valence electrons. The number of nitrogens with one attached hydrogen (secondary N) is 1. The second kappa shape index (κ2) is 8.28. The van der Waals surface area contributed by atoms with Crippen molar-refractivity contribution in [2.75, 3.05) is 20.7 Å². The molecule has 1 aliphatic carbocycles. The van der Waals surface area contributed by atoms with Gasteiger partial charge in [0.05, 0.1) is 19.3 Å². The van der Waals surface area contributed by atoms with E-state index in [0.717, 1.165) is 12.3 Å². The lowest BCUT2D eigenvalue weighted by Crippen LogP contribution is -2.24. The van der Waals surface area contributed by atoms with E-state index in [1.165, 1.54) is 44.1 Å². The van der Waals surface area contributed by atoms with Gasteiger partial charge in [0.15, 0.2) is 0 Å². The molecule has 0 aromatic heterocycles. The van der Waals surface area contributed by atoms with Gasteiger partial charge in [-0.1, -0.05) is 37.8 Å². The standard InChI is InChI=1S/C17H27NO2/c1-18-13-17(14-8-7-11-16(12-14)19-2)20-15-9-5-3-4-6-10-15/h7-8,11-12,15,17-18H,3-6,9-10,13H2,1-2H3. The van der Waals surface area contributed by atoms with Gasteiger partial charge >= 0.3 is 0 Å². The van der Waals surface area contributed by atoms with Crippen LogP contribution in [0.15, 0.2) is 24.3 Å². The first-order valence-electron chi connectivity index (χ1n) is 7.77. The predicted octanol–water partition coefficient (Wildman–Crippen LogP) is 3.70. The quantitative estimate of drug-likeness (QED) is 0.804. The van der Waals surface area contributed by atoms with Crippen molar-refractivity contribution in [3.05, 3.63) is 29.8 Å². The van der Waals surface area contributed by atoms with Gasteiger partial charge in [0.2, 0.25) is 0 Å². The molecule has 1 aromatic carbocycles. The molecule has 0 saturated heterocycles. The van der Waals surface area contributed by atoms with Gasteiger partial charge in [0.25, 0.3) is 0 Å². The maximum atomic E-state index is 6.38. The zero-order chi connectivity index (χ0) is 14.2. The van der Waals surface area contributed by atoms with Crippen molar-refractivity contribution in [3.63, 3.8) is 0 Å². The van der Waals surface area contributed by atoms with E-state index in [-0.39, 0.29) is 6.10 Å². The van der Waals surface area contributed by atoms with Crippen molar-refractivity contribution < 1.29 is 9.47 Å². The number of hydrogen-bond donors (Lipinski definition) is 1. The first-order chi connectivity index (χ1) is 9.83. The van der Waals surface area contributed by atoms with E-state index >= 15 is 0 Å². The molecule has 0 aliphatic heterocycles. The van der Waals surface area contributed by atoms with E-state index in [4.69, 9.17) is 9.47 Å². The normalized spacial score (nSPS) is 18.5. The first kappa shape index (κ1) is 15.3. The van der Waals surface area contributed by atoms with Gasteiger partial charge in [0, 0.05) is 6.54 Å². The summed E-state index contributed by atoms with van der Waals surface area (Å²) in [5, 5.41) is 3.24. The van der Waals surface area contributed by atoms with E-state index in [1.807, 2.05) is 19.2 Å². The summed E-state index contributed by atoms with van der Waals surface area (Å²) in [5.41, 5.74) is 1.20. The van der Waals surface area contributed by atoms with Crippen molar-refractivity contribution in [2.24, 2.45) is 0 Å². The number of hydrogen-bond acceptors (Lipinski definition) is 3. The van der Waals surface area contributed by atoms with Crippen LogP contribution in [0.3, 0.4) is 0 Å². The Kier molecular flexibility index (Phi) is 6.34. The molecule has 1 aliphatic rings. The van der Waals surface area contributed by atoms with E-state index in [2.05, 4.69) is 17.4 Å². The Morgan fingerprint density at radius 1 is 1.20 bits per heavy atom. The Bertz CT molecular complexity index is 386. The lowest BCUT2D eigenvalue weighted by atomic mass is 10.1. The van der Waals surface area contributed by atoms with Crippen molar-refractivity contribution in [1.29, 1.82) is 0 Å². The van der Waals surface area contributed by atoms with E-state index in [1.54, 1.807) is 7.11 Å². The summed E-state index contributed by atoms with van der Waals surface area (Å²) in [6.45, 7) is 0.837. The second-order valence-electron chi connectivity index (χ2n) is 5.57. The van der Waals surface area contributed by atoms with Gasteiger partial charge in [-0.15, -0.1) is 0 Å². The Labute approximate surface area is 122 Å². The number of rotatable bonds is 6. The summed E-state index contributed by atoms with van der Waals surface area (Å²) >= 11 is 0. The van der Waals surface area contributed by atoms with Crippen molar-refractivity contribution in [1.82, 2.24) is 5.32 Å². The summed E-state index contributed by atoms with van der Waals surface area (Å²) in [7, 11) is 3.68. The van der Waals surface area contributed by atoms with Crippen LogP contribution in [0.2, 0.25) is 0 Å². The van der Waals surface area contributed by atoms with Gasteiger partial charge in [-0.2, -0.15) is 0 Å². The van der Waals surface area contributed by atoms with Crippen LogP contribution in [0.25, 0.3) is 0 Å². The molecule has 1 saturated carbocycles. The largest absolute Gasteiger partial charge is 0.497 e. The summed E-state index contributed by atoms with van der Waals surface area (Å²) < 4.78 is 11.7. The predicted molar refractivity (Wildman–Crippen MR) is 82.2 cm³/mol. The molecule has 0 amide bonds. The number of likely N-dealkylation sites (N-methyl/N-ethyl adjacent to an activating group) is 1. The number of benzene rings is 1. The second-order valence-corrected chi connectivity index (χ2v) is 5.57. The lowest BCUT2D eigenvalue weighted by molar-refractivity contribution is -0.0193. The molecule has 1 unspecified atom stereocenters. The van der Waals surface area contributed by atoms with Crippen LogP contribution in [-0.4, -0.2) is 26.8 Å². The molecule has 3 heteroatoms. The average Bonchev–Trinajstić information content (AvgIpc) is 2.75. The van der Waals surface area contributed by atoms with E-state index in [0.29, 0.717) is 6.10 Å². The fraction of sp³-hybridized carbons (Fsp3) is 0.647. The van der Waals surface area contributed by atoms with Crippen LogP contribution < -0.4 is 10.1 Å². The minimum atomic E-state index is 0.109. The summed E-state index contributed by atoms with van der Waals surface area (Å²) in [6, 6.07) is 8.22. The Morgan fingerprint density at radius 2 is 1.95 bits per heavy atom. The van der Waals surface area contributed by atoms with Crippen LogP contribution in [0.4, 0.5) is 0 Å². The SMILES string of the molecule is CNCC(OC1CCCCCC1)c1cccc(OC)c1. The molecule has 3 nitrogen and oxygen atoms in total. The van der Waals surface area contributed by atoms with Crippen LogP contribution in [0, 0.1) is 0 Å². The monoisotopic (exact) mass is 277 g/mol. The molecule has 0 heterocycles. The van der Waals surface area contributed by atoms with Crippen LogP contribution >= 0.6 is 0 Å². The highest BCUT2D eigenvalue weighted by molar-refractivity contribution is 5.30. The first-order valence-corrected chi connectivity index (χ1v) is 7.77. The number of methoxy groups -OCH3 is 1. The van der Waals surface area contributed by atoms with Crippen molar-refractivity contribution in [3.8, 4) is 5.75 Å². The van der Waals surface area contributed by atoms with Gasteiger partial charge in [0.1, 0.15) is 5.75 Å². The maximum absolute atomic E-state index is 6.38. The molecule has 0 bridgehead atoms. The molecular weight excluding hydrogens is 250 g/mol. The highest BCUT2D eigenvalue weighted by Gasteiger charge is 2.19. The molecule has 1 N–H and O–H groups in total. The van der Waals surface area contributed by atoms with E-state index < -0.39 is 0 Å². The third kappa shape index (κ3) is 4.50. The van der Waals surface area contributed by atoms with Crippen molar-refractivity contribution in [2.45, 2.75) is 50.7 Å². The Hall–Kier alpha value is -1.06.